The summed E-state index contributed by atoms with van der Waals surface area (Å²) in [6.07, 6.45) is 8.18. The molecule has 4 heterocycles. The van der Waals surface area contributed by atoms with Crippen LogP contribution in [-0.2, 0) is 14.3 Å². The van der Waals surface area contributed by atoms with Gasteiger partial charge in [0.05, 0.1) is 25.4 Å². The third-order valence-corrected chi connectivity index (χ3v) is 8.13. The molecule has 41 heavy (non-hydrogen) atoms. The molecule has 0 spiro atoms. The Labute approximate surface area is 239 Å². The molecule has 2 fully saturated rings. The average Bonchev–Trinajstić information content (AvgIpc) is 3.47. The van der Waals surface area contributed by atoms with E-state index in [-0.39, 0.29) is 24.3 Å². The van der Waals surface area contributed by atoms with Gasteiger partial charge in [0.1, 0.15) is 29.8 Å². The Morgan fingerprint density at radius 1 is 1.07 bits per heavy atom. The van der Waals surface area contributed by atoms with Crippen LogP contribution >= 0.6 is 0 Å². The number of pyridine rings is 1. The maximum absolute atomic E-state index is 12.0. The number of hydrogen-bond acceptors (Lipinski definition) is 7. The van der Waals surface area contributed by atoms with Gasteiger partial charge in [0.2, 0.25) is 5.91 Å². The van der Waals surface area contributed by atoms with Gasteiger partial charge < -0.3 is 24.3 Å². The van der Waals surface area contributed by atoms with Crippen molar-refractivity contribution in [2.75, 3.05) is 44.3 Å². The number of amides is 1. The molecule has 1 unspecified atom stereocenters. The van der Waals surface area contributed by atoms with Gasteiger partial charge in [0.25, 0.3) is 0 Å². The van der Waals surface area contributed by atoms with Gasteiger partial charge >= 0.3 is 0 Å². The molecule has 208 valence electrons. The number of carbonyl (C=O) groups is 1. The second-order valence-corrected chi connectivity index (χ2v) is 10.6. The number of rotatable bonds is 6. The van der Waals surface area contributed by atoms with Crippen molar-refractivity contribution in [3.63, 3.8) is 0 Å². The second-order valence-electron chi connectivity index (χ2n) is 10.6. The van der Waals surface area contributed by atoms with Crippen LogP contribution in [0.3, 0.4) is 0 Å². The minimum atomic E-state index is -0.321. The van der Waals surface area contributed by atoms with Gasteiger partial charge in [-0.25, -0.2) is 4.98 Å². The second kappa shape index (κ2) is 11.9. The summed E-state index contributed by atoms with van der Waals surface area (Å²) in [5.74, 6) is 0.332. The van der Waals surface area contributed by atoms with Crippen LogP contribution in [0.15, 0.2) is 60.5 Å². The lowest BCUT2D eigenvalue weighted by Gasteiger charge is -2.35. The average molecular weight is 549 g/mol. The highest BCUT2D eigenvalue weighted by Gasteiger charge is 2.26. The molecule has 1 aliphatic carbocycles. The lowest BCUT2D eigenvalue weighted by molar-refractivity contribution is -0.130. The zero-order valence-electron chi connectivity index (χ0n) is 22.9. The highest BCUT2D eigenvalue weighted by molar-refractivity contribution is 5.94. The normalized spacial score (nSPS) is 19.7. The van der Waals surface area contributed by atoms with Crippen molar-refractivity contribution in [3.8, 4) is 23.4 Å². The molecular formula is C32H32N6O3. The molecule has 0 radical (unpaired) electrons. The van der Waals surface area contributed by atoms with E-state index >= 15 is 0 Å². The first-order valence-electron chi connectivity index (χ1n) is 14.2. The number of benzene rings is 1. The first kappa shape index (κ1) is 26.6. The van der Waals surface area contributed by atoms with E-state index in [1.165, 1.54) is 0 Å². The van der Waals surface area contributed by atoms with Crippen LogP contribution in [0.5, 0.6) is 0 Å². The van der Waals surface area contributed by atoms with Gasteiger partial charge in [-0.2, -0.15) is 10.5 Å². The van der Waals surface area contributed by atoms with E-state index in [4.69, 9.17) is 14.7 Å². The van der Waals surface area contributed by atoms with Crippen molar-refractivity contribution >= 4 is 28.2 Å². The standard InChI is InChI=1S/C32H32N6O3/c33-11-7-31(39)38-15-13-37(14-16-38)25-4-1-22(2-5-25)29-20-28-27(8-12-35-32(28)36-29)23-3-6-30(24(19-23)21-34)41-26-9-17-40-18-10-26/h1-6,8,12,20,24,26H,7,9-10,13-19H2,(H,35,36). The molecule has 0 bridgehead atoms. The van der Waals surface area contributed by atoms with Crippen LogP contribution < -0.4 is 4.90 Å². The minimum absolute atomic E-state index is 0.0608. The largest absolute Gasteiger partial charge is 0.493 e. The van der Waals surface area contributed by atoms with E-state index in [9.17, 15) is 10.1 Å². The van der Waals surface area contributed by atoms with E-state index in [0.717, 1.165) is 70.8 Å². The predicted molar refractivity (Wildman–Crippen MR) is 155 cm³/mol. The molecule has 9 nitrogen and oxygen atoms in total. The van der Waals surface area contributed by atoms with Crippen LogP contribution in [0.25, 0.3) is 27.9 Å². The third-order valence-electron chi connectivity index (χ3n) is 8.13. The molecule has 1 atom stereocenters. The van der Waals surface area contributed by atoms with Crippen molar-refractivity contribution in [2.45, 2.75) is 31.8 Å². The monoisotopic (exact) mass is 548 g/mol. The van der Waals surface area contributed by atoms with E-state index in [1.54, 1.807) is 4.90 Å². The minimum Gasteiger partial charge on any atom is -0.493 e. The maximum Gasteiger partial charge on any atom is 0.236 e. The highest BCUT2D eigenvalue weighted by atomic mass is 16.5. The van der Waals surface area contributed by atoms with Gasteiger partial charge in [0.15, 0.2) is 0 Å². The zero-order chi connectivity index (χ0) is 28.2. The summed E-state index contributed by atoms with van der Waals surface area (Å²) >= 11 is 0. The van der Waals surface area contributed by atoms with Crippen molar-refractivity contribution < 1.29 is 14.3 Å². The number of carbonyl (C=O) groups excluding carboxylic acids is 1. The lowest BCUT2D eigenvalue weighted by Crippen LogP contribution is -2.48. The van der Waals surface area contributed by atoms with Crippen LogP contribution in [0.2, 0.25) is 0 Å². The first-order valence-corrected chi connectivity index (χ1v) is 14.2. The fraction of sp³-hybridized carbons (Fsp3) is 0.375. The molecule has 3 aromatic rings. The molecule has 2 saturated heterocycles. The molecule has 3 aliphatic rings. The highest BCUT2D eigenvalue weighted by Crippen LogP contribution is 2.37. The number of nitrogens with zero attached hydrogens (tertiary/aromatic N) is 5. The van der Waals surface area contributed by atoms with E-state index < -0.39 is 0 Å². The summed E-state index contributed by atoms with van der Waals surface area (Å²) in [7, 11) is 0. The van der Waals surface area contributed by atoms with Gasteiger partial charge in [-0.05, 0) is 53.5 Å². The molecule has 0 saturated carbocycles. The number of ether oxygens (including phenoxy) is 2. The van der Waals surface area contributed by atoms with Crippen molar-refractivity contribution in [1.82, 2.24) is 14.9 Å². The number of H-pyrrole nitrogens is 1. The number of allylic oxidation sites excluding steroid dienone is 4. The van der Waals surface area contributed by atoms with Crippen LogP contribution in [0.1, 0.15) is 31.2 Å². The Hall–Kier alpha value is -4.60. The molecule has 6 rings (SSSR count). The smallest absolute Gasteiger partial charge is 0.236 e. The number of nitriles is 2. The Bertz CT molecular complexity index is 1560. The number of nitrogens with one attached hydrogen (secondary N) is 1. The summed E-state index contributed by atoms with van der Waals surface area (Å²) in [6, 6.07) is 16.9. The van der Waals surface area contributed by atoms with Gasteiger partial charge in [-0.1, -0.05) is 18.2 Å². The van der Waals surface area contributed by atoms with Gasteiger partial charge in [-0.15, -0.1) is 0 Å². The number of aromatic nitrogens is 2. The molecule has 2 aliphatic heterocycles. The van der Waals surface area contributed by atoms with E-state index in [2.05, 4.69) is 57.3 Å². The number of fused-ring (bicyclic) bond motifs is 1. The van der Waals surface area contributed by atoms with Crippen LogP contribution in [-0.4, -0.2) is 66.3 Å². The van der Waals surface area contributed by atoms with Gasteiger partial charge in [0, 0.05) is 62.0 Å². The summed E-state index contributed by atoms with van der Waals surface area (Å²) in [4.78, 5) is 24.1. The van der Waals surface area contributed by atoms with Crippen molar-refractivity contribution in [2.24, 2.45) is 5.92 Å². The Morgan fingerprint density at radius 3 is 2.59 bits per heavy atom. The van der Waals surface area contributed by atoms with Crippen LogP contribution in [0, 0.1) is 28.6 Å². The van der Waals surface area contributed by atoms with E-state index in [1.807, 2.05) is 24.4 Å². The maximum atomic E-state index is 12.0. The zero-order valence-corrected chi connectivity index (χ0v) is 22.9. The topological polar surface area (TPSA) is 118 Å². The Kier molecular flexibility index (Phi) is 7.71. The molecule has 2 aromatic heterocycles. The summed E-state index contributed by atoms with van der Waals surface area (Å²) in [5.41, 5.74) is 6.11. The first-order chi connectivity index (χ1) is 20.1. The van der Waals surface area contributed by atoms with Crippen LogP contribution in [0.4, 0.5) is 5.69 Å². The molecule has 1 N–H and O–H groups in total. The number of piperazine rings is 1. The lowest BCUT2D eigenvalue weighted by atomic mass is 9.88. The quantitative estimate of drug-likeness (QED) is 0.470. The fourth-order valence-corrected chi connectivity index (χ4v) is 5.81. The van der Waals surface area contributed by atoms with E-state index in [0.29, 0.717) is 32.7 Å². The molecule has 9 heteroatoms. The third kappa shape index (κ3) is 5.68. The number of aromatic amines is 1. The predicted octanol–water partition coefficient (Wildman–Crippen LogP) is 4.80. The van der Waals surface area contributed by atoms with Crippen molar-refractivity contribution in [3.05, 3.63) is 66.1 Å². The summed E-state index contributed by atoms with van der Waals surface area (Å²) in [5, 5.41) is 19.7. The molecule has 1 aromatic carbocycles. The Morgan fingerprint density at radius 2 is 1.85 bits per heavy atom. The summed E-state index contributed by atoms with van der Waals surface area (Å²) in [6.45, 7) is 4.13. The Balaban J connectivity index is 1.18. The summed E-state index contributed by atoms with van der Waals surface area (Å²) < 4.78 is 11.6. The number of anilines is 1. The fourth-order valence-electron chi connectivity index (χ4n) is 5.81. The SMILES string of the molecule is N#CCC(=O)N1CCN(c2ccc(-c3cc4c(C5=CC=C(OC6CCOCC6)C(C#N)C5)ccnc4[nH]3)cc2)CC1. The molecular weight excluding hydrogens is 516 g/mol. The number of hydrogen-bond donors (Lipinski definition) is 1. The van der Waals surface area contributed by atoms with Crippen molar-refractivity contribution in [1.29, 1.82) is 10.5 Å². The molecule has 1 amide bonds. The van der Waals surface area contributed by atoms with Gasteiger partial charge in [-0.3, -0.25) is 4.79 Å².